The average molecular weight is 164 g/mol. The van der Waals surface area contributed by atoms with E-state index < -0.39 is 0 Å². The van der Waals surface area contributed by atoms with E-state index in [2.05, 4.69) is 10.1 Å². The highest BCUT2D eigenvalue weighted by Crippen LogP contribution is 2.15. The first kappa shape index (κ1) is 6.97. The molecule has 0 unspecified atom stereocenters. The third kappa shape index (κ3) is 1.18. The molecule has 1 aromatic carbocycles. The molecule has 0 aliphatic carbocycles. The van der Waals surface area contributed by atoms with Gasteiger partial charge >= 0.3 is 0 Å². The first-order chi connectivity index (χ1) is 5.86. The van der Waals surface area contributed by atoms with Gasteiger partial charge in [0.25, 0.3) is 5.89 Å². The van der Waals surface area contributed by atoms with Crippen LogP contribution in [0.5, 0.6) is 0 Å². The highest BCUT2D eigenvalue weighted by Gasteiger charge is 2.02. The van der Waals surface area contributed by atoms with E-state index in [9.17, 15) is 4.39 Å². The van der Waals surface area contributed by atoms with Crippen LogP contribution in [0.2, 0.25) is 0 Å². The number of hydrogen-bond donors (Lipinski definition) is 0. The minimum absolute atomic E-state index is 0.314. The first-order valence-electron chi connectivity index (χ1n) is 3.39. The fraction of sp³-hybridized carbons (Fsp3) is 0. The molecule has 3 nitrogen and oxygen atoms in total. The molecule has 60 valence electrons. The van der Waals surface area contributed by atoms with Gasteiger partial charge in [0.2, 0.25) is 0 Å². The van der Waals surface area contributed by atoms with E-state index in [-0.39, 0.29) is 5.82 Å². The summed E-state index contributed by atoms with van der Waals surface area (Å²) in [6.07, 6.45) is 1.28. The highest BCUT2D eigenvalue weighted by molar-refractivity contribution is 5.51. The third-order valence-electron chi connectivity index (χ3n) is 1.43. The molecule has 0 aliphatic heterocycles. The molecule has 0 radical (unpaired) electrons. The van der Waals surface area contributed by atoms with Crippen LogP contribution in [0.3, 0.4) is 0 Å². The van der Waals surface area contributed by atoms with Crippen LogP contribution in [0, 0.1) is 5.82 Å². The lowest BCUT2D eigenvalue weighted by Crippen LogP contribution is -1.78. The number of rotatable bonds is 1. The second-order valence-electron chi connectivity index (χ2n) is 2.26. The van der Waals surface area contributed by atoms with Gasteiger partial charge in [0.05, 0.1) is 0 Å². The number of benzene rings is 1. The first-order valence-corrected chi connectivity index (χ1v) is 3.39. The van der Waals surface area contributed by atoms with E-state index >= 15 is 0 Å². The summed E-state index contributed by atoms with van der Waals surface area (Å²) < 4.78 is 17.4. The zero-order valence-electron chi connectivity index (χ0n) is 6.07. The van der Waals surface area contributed by atoms with Crippen molar-refractivity contribution in [3.63, 3.8) is 0 Å². The topological polar surface area (TPSA) is 38.9 Å². The second kappa shape index (κ2) is 2.73. The molecule has 0 saturated heterocycles. The molecule has 2 aromatic rings. The van der Waals surface area contributed by atoms with E-state index in [4.69, 9.17) is 4.52 Å². The third-order valence-corrected chi connectivity index (χ3v) is 1.43. The van der Waals surface area contributed by atoms with Crippen molar-refractivity contribution < 1.29 is 8.91 Å². The molecule has 0 bridgehead atoms. The van der Waals surface area contributed by atoms with Gasteiger partial charge in [0, 0.05) is 5.56 Å². The Morgan fingerprint density at radius 3 is 2.92 bits per heavy atom. The van der Waals surface area contributed by atoms with Crippen molar-refractivity contribution in [2.24, 2.45) is 0 Å². The lowest BCUT2D eigenvalue weighted by Gasteiger charge is -1.92. The van der Waals surface area contributed by atoms with Crippen molar-refractivity contribution >= 4 is 0 Å². The van der Waals surface area contributed by atoms with Crippen LogP contribution in [-0.2, 0) is 0 Å². The van der Waals surface area contributed by atoms with Gasteiger partial charge in [-0.05, 0) is 18.2 Å². The predicted octanol–water partition coefficient (Wildman–Crippen LogP) is 1.88. The summed E-state index contributed by atoms with van der Waals surface area (Å²) in [6, 6.07) is 6.00. The Bertz CT molecular complexity index is 372. The van der Waals surface area contributed by atoms with Gasteiger partial charge in [-0.25, -0.2) is 4.39 Å². The van der Waals surface area contributed by atoms with E-state index in [1.807, 2.05) is 0 Å². The van der Waals surface area contributed by atoms with Crippen LogP contribution in [0.1, 0.15) is 0 Å². The Morgan fingerprint density at radius 2 is 2.25 bits per heavy atom. The van der Waals surface area contributed by atoms with E-state index in [1.54, 1.807) is 12.1 Å². The van der Waals surface area contributed by atoms with Crippen LogP contribution >= 0.6 is 0 Å². The summed E-state index contributed by atoms with van der Waals surface area (Å²) in [7, 11) is 0. The summed E-state index contributed by atoms with van der Waals surface area (Å²) in [5.74, 6) is 0.0141. The van der Waals surface area contributed by atoms with Gasteiger partial charge in [-0.15, -0.1) is 0 Å². The molecule has 1 aromatic heterocycles. The standard InChI is InChI=1S/C8H5FN2O/c9-7-3-1-2-6(4-7)8-10-5-11-12-8/h1-5H. The van der Waals surface area contributed by atoms with Gasteiger partial charge in [-0.2, -0.15) is 4.98 Å². The summed E-state index contributed by atoms with van der Waals surface area (Å²) in [5.41, 5.74) is 0.590. The van der Waals surface area contributed by atoms with Crippen LogP contribution in [0.15, 0.2) is 35.1 Å². The van der Waals surface area contributed by atoms with Gasteiger partial charge < -0.3 is 4.52 Å². The number of hydrogen-bond acceptors (Lipinski definition) is 3. The molecule has 1 heterocycles. The average Bonchev–Trinajstić information content (AvgIpc) is 2.56. The van der Waals surface area contributed by atoms with E-state index in [1.165, 1.54) is 18.5 Å². The molecule has 0 saturated carbocycles. The predicted molar refractivity (Wildman–Crippen MR) is 39.7 cm³/mol. The second-order valence-corrected chi connectivity index (χ2v) is 2.26. The molecule has 0 aliphatic rings. The van der Waals surface area contributed by atoms with Crippen LogP contribution in [0.4, 0.5) is 4.39 Å². The van der Waals surface area contributed by atoms with Gasteiger partial charge in [-0.3, -0.25) is 0 Å². The zero-order valence-corrected chi connectivity index (χ0v) is 6.07. The molecule has 2 rings (SSSR count). The molecular weight excluding hydrogens is 159 g/mol. The van der Waals surface area contributed by atoms with E-state index in [0.717, 1.165) is 0 Å². The van der Waals surface area contributed by atoms with Crippen molar-refractivity contribution in [3.05, 3.63) is 36.4 Å². The van der Waals surface area contributed by atoms with Crippen molar-refractivity contribution in [1.29, 1.82) is 0 Å². The smallest absolute Gasteiger partial charge is 0.257 e. The van der Waals surface area contributed by atoms with Crippen LogP contribution in [-0.4, -0.2) is 10.1 Å². The Hall–Kier alpha value is -1.71. The van der Waals surface area contributed by atoms with Gasteiger partial charge in [0.1, 0.15) is 5.82 Å². The molecule has 4 heteroatoms. The van der Waals surface area contributed by atoms with E-state index in [0.29, 0.717) is 11.5 Å². The Kier molecular flexibility index (Phi) is 1.59. The quantitative estimate of drug-likeness (QED) is 0.645. The highest BCUT2D eigenvalue weighted by atomic mass is 19.1. The number of nitrogens with zero attached hydrogens (tertiary/aromatic N) is 2. The molecule has 0 amide bonds. The fourth-order valence-electron chi connectivity index (χ4n) is 0.922. The largest absolute Gasteiger partial charge is 0.334 e. The van der Waals surface area contributed by atoms with Gasteiger partial charge in [0.15, 0.2) is 6.33 Å². The molecule has 0 atom stereocenters. The normalized spacial score (nSPS) is 10.1. The number of aromatic nitrogens is 2. The summed E-state index contributed by atoms with van der Waals surface area (Å²) in [4.78, 5) is 3.78. The maximum Gasteiger partial charge on any atom is 0.257 e. The summed E-state index contributed by atoms with van der Waals surface area (Å²) >= 11 is 0. The van der Waals surface area contributed by atoms with Crippen LogP contribution in [0.25, 0.3) is 11.5 Å². The van der Waals surface area contributed by atoms with Crippen molar-refractivity contribution in [3.8, 4) is 11.5 Å². The lowest BCUT2D eigenvalue weighted by molar-refractivity contribution is 0.430. The van der Waals surface area contributed by atoms with Crippen molar-refractivity contribution in [2.45, 2.75) is 0 Å². The Morgan fingerprint density at radius 1 is 1.33 bits per heavy atom. The Balaban J connectivity index is 2.48. The van der Waals surface area contributed by atoms with Crippen molar-refractivity contribution in [2.75, 3.05) is 0 Å². The fourth-order valence-corrected chi connectivity index (χ4v) is 0.922. The van der Waals surface area contributed by atoms with Crippen LogP contribution < -0.4 is 0 Å². The molecular formula is C8H5FN2O. The zero-order chi connectivity index (χ0) is 8.39. The summed E-state index contributed by atoms with van der Waals surface area (Å²) in [5, 5.41) is 3.42. The SMILES string of the molecule is Fc1cccc(-c2ncno2)c1. The lowest BCUT2D eigenvalue weighted by atomic mass is 10.2. The molecule has 0 N–H and O–H groups in total. The van der Waals surface area contributed by atoms with Gasteiger partial charge in [-0.1, -0.05) is 11.2 Å². The number of halogens is 1. The van der Waals surface area contributed by atoms with Crippen molar-refractivity contribution in [1.82, 2.24) is 10.1 Å². The monoisotopic (exact) mass is 164 g/mol. The minimum atomic E-state index is -0.314. The molecule has 12 heavy (non-hydrogen) atoms. The maximum absolute atomic E-state index is 12.7. The Labute approximate surface area is 67.8 Å². The molecule has 0 spiro atoms. The minimum Gasteiger partial charge on any atom is -0.334 e. The summed E-state index contributed by atoms with van der Waals surface area (Å²) in [6.45, 7) is 0. The maximum atomic E-state index is 12.7. The molecule has 0 fully saturated rings.